The molecule has 24 heavy (non-hydrogen) atoms. The number of aliphatic imine (C=N–C) groups is 1. The number of carbonyl (C=O) groups is 1. The van der Waals surface area contributed by atoms with Crippen LogP contribution in [0.4, 0.5) is 0 Å². The van der Waals surface area contributed by atoms with E-state index in [9.17, 15) is 4.79 Å². The van der Waals surface area contributed by atoms with Crippen LogP contribution in [0.3, 0.4) is 0 Å². The van der Waals surface area contributed by atoms with Crippen molar-refractivity contribution in [3.05, 3.63) is 30.3 Å². The summed E-state index contributed by atoms with van der Waals surface area (Å²) in [5, 5.41) is 6.75. The van der Waals surface area contributed by atoms with Crippen molar-refractivity contribution in [1.29, 1.82) is 0 Å². The topological polar surface area (TPSA) is 56.7 Å². The van der Waals surface area contributed by atoms with Gasteiger partial charge in [0.15, 0.2) is 5.96 Å². The largest absolute Gasteiger partial charge is 0.356 e. The molecular formula is C17H27IN4OS. The lowest BCUT2D eigenvalue weighted by Crippen LogP contribution is -2.45. The predicted molar refractivity (Wildman–Crippen MR) is 112 cm³/mol. The maximum Gasteiger partial charge on any atom is 0.222 e. The number of rotatable bonds is 6. The minimum atomic E-state index is 0. The van der Waals surface area contributed by atoms with E-state index in [1.54, 1.807) is 7.05 Å². The highest BCUT2D eigenvalue weighted by molar-refractivity contribution is 14.0. The van der Waals surface area contributed by atoms with Crippen LogP contribution in [0.2, 0.25) is 0 Å². The summed E-state index contributed by atoms with van der Waals surface area (Å²) in [6.07, 6.45) is 1.56. The van der Waals surface area contributed by atoms with E-state index in [1.807, 2.05) is 29.7 Å². The molecule has 0 radical (unpaired) electrons. The van der Waals surface area contributed by atoms with Gasteiger partial charge >= 0.3 is 0 Å². The van der Waals surface area contributed by atoms with Crippen molar-refractivity contribution in [2.24, 2.45) is 4.99 Å². The molecule has 0 aromatic heterocycles. The van der Waals surface area contributed by atoms with Gasteiger partial charge in [-0.3, -0.25) is 9.79 Å². The summed E-state index contributed by atoms with van der Waals surface area (Å²) in [6, 6.07) is 10.7. The Kier molecular flexibility index (Phi) is 10.2. The van der Waals surface area contributed by atoms with Crippen LogP contribution >= 0.6 is 35.7 Å². The highest BCUT2D eigenvalue weighted by atomic mass is 127. The van der Waals surface area contributed by atoms with E-state index in [-0.39, 0.29) is 29.9 Å². The van der Waals surface area contributed by atoms with E-state index in [1.165, 1.54) is 4.90 Å². The molecule has 2 N–H and O–H groups in total. The van der Waals surface area contributed by atoms with Gasteiger partial charge in [0.25, 0.3) is 0 Å². The SMILES string of the molecule is CCC(=O)N1CCC(NC(=NC)NCCSc2ccccc2)C1.I. The third-order valence-electron chi connectivity index (χ3n) is 3.81. The molecule has 5 nitrogen and oxygen atoms in total. The lowest BCUT2D eigenvalue weighted by molar-refractivity contribution is -0.129. The molecule has 1 aromatic rings. The first-order valence-corrected chi connectivity index (χ1v) is 9.14. The van der Waals surface area contributed by atoms with Gasteiger partial charge in [0.2, 0.25) is 5.91 Å². The standard InChI is InChI=1S/C17H26N4OS.HI/c1-3-16(22)21-11-9-14(13-21)20-17(18-2)19-10-12-23-15-7-5-4-6-8-15;/h4-8,14H,3,9-13H2,1-2H3,(H2,18,19,20);1H. The number of nitrogens with zero attached hydrogens (tertiary/aromatic N) is 2. The summed E-state index contributed by atoms with van der Waals surface area (Å²) in [7, 11) is 1.78. The maximum absolute atomic E-state index is 11.7. The van der Waals surface area contributed by atoms with Crippen molar-refractivity contribution >= 4 is 47.6 Å². The van der Waals surface area contributed by atoms with Crippen LogP contribution in [0.5, 0.6) is 0 Å². The fourth-order valence-electron chi connectivity index (χ4n) is 2.57. The molecule has 134 valence electrons. The summed E-state index contributed by atoms with van der Waals surface area (Å²) in [6.45, 7) is 4.37. The summed E-state index contributed by atoms with van der Waals surface area (Å²) in [4.78, 5) is 19.2. The molecule has 7 heteroatoms. The maximum atomic E-state index is 11.7. The molecule has 0 aliphatic carbocycles. The van der Waals surface area contributed by atoms with Crippen molar-refractivity contribution in [3.8, 4) is 0 Å². The molecule has 2 rings (SSSR count). The van der Waals surface area contributed by atoms with Gasteiger partial charge in [0, 0.05) is 49.8 Å². The van der Waals surface area contributed by atoms with Crippen molar-refractivity contribution < 1.29 is 4.79 Å². The van der Waals surface area contributed by atoms with E-state index in [0.29, 0.717) is 12.5 Å². The van der Waals surface area contributed by atoms with E-state index in [2.05, 4.69) is 39.9 Å². The van der Waals surface area contributed by atoms with Crippen molar-refractivity contribution in [2.45, 2.75) is 30.7 Å². The van der Waals surface area contributed by atoms with Gasteiger partial charge in [-0.2, -0.15) is 0 Å². The molecule has 1 fully saturated rings. The predicted octanol–water partition coefficient (Wildman–Crippen LogP) is 2.57. The Morgan fingerprint density at radius 1 is 1.38 bits per heavy atom. The quantitative estimate of drug-likeness (QED) is 0.224. The first-order valence-electron chi connectivity index (χ1n) is 8.15. The first-order chi connectivity index (χ1) is 11.2. The Morgan fingerprint density at radius 2 is 2.12 bits per heavy atom. The number of halogens is 1. The fraction of sp³-hybridized carbons (Fsp3) is 0.529. The van der Waals surface area contributed by atoms with Gasteiger partial charge in [-0.05, 0) is 18.6 Å². The zero-order valence-corrected chi connectivity index (χ0v) is 17.5. The van der Waals surface area contributed by atoms with E-state index in [4.69, 9.17) is 0 Å². The van der Waals surface area contributed by atoms with E-state index >= 15 is 0 Å². The molecule has 1 aliphatic rings. The van der Waals surface area contributed by atoms with Gasteiger partial charge in [-0.25, -0.2) is 0 Å². The second-order valence-electron chi connectivity index (χ2n) is 5.48. The number of benzene rings is 1. The van der Waals surface area contributed by atoms with E-state index < -0.39 is 0 Å². The zero-order chi connectivity index (χ0) is 16.5. The number of likely N-dealkylation sites (tertiary alicyclic amines) is 1. The normalized spacial score (nSPS) is 17.3. The smallest absolute Gasteiger partial charge is 0.222 e. The van der Waals surface area contributed by atoms with Crippen molar-refractivity contribution in [3.63, 3.8) is 0 Å². The second kappa shape index (κ2) is 11.6. The molecule has 1 unspecified atom stereocenters. The van der Waals surface area contributed by atoms with Gasteiger partial charge < -0.3 is 15.5 Å². The molecule has 1 heterocycles. The van der Waals surface area contributed by atoms with Crippen molar-refractivity contribution in [1.82, 2.24) is 15.5 Å². The minimum Gasteiger partial charge on any atom is -0.356 e. The highest BCUT2D eigenvalue weighted by Crippen LogP contribution is 2.15. The Labute approximate surface area is 166 Å². The zero-order valence-electron chi connectivity index (χ0n) is 14.3. The molecule has 1 amide bonds. The molecule has 1 aromatic carbocycles. The Morgan fingerprint density at radius 3 is 2.79 bits per heavy atom. The van der Waals surface area contributed by atoms with Crippen LogP contribution in [-0.4, -0.2) is 55.2 Å². The molecule has 0 spiro atoms. The Balaban J connectivity index is 0.00000288. The summed E-state index contributed by atoms with van der Waals surface area (Å²) < 4.78 is 0. The number of thioether (sulfide) groups is 1. The van der Waals surface area contributed by atoms with Crippen LogP contribution in [0, 0.1) is 0 Å². The summed E-state index contributed by atoms with van der Waals surface area (Å²) >= 11 is 1.82. The first kappa shape index (κ1) is 21.1. The average molecular weight is 462 g/mol. The number of hydrogen-bond acceptors (Lipinski definition) is 3. The summed E-state index contributed by atoms with van der Waals surface area (Å²) in [5.41, 5.74) is 0. The van der Waals surface area contributed by atoms with Crippen molar-refractivity contribution in [2.75, 3.05) is 32.4 Å². The van der Waals surface area contributed by atoms with Gasteiger partial charge in [0.05, 0.1) is 0 Å². The molecule has 1 atom stereocenters. The molecule has 0 bridgehead atoms. The van der Waals surface area contributed by atoms with Crippen LogP contribution in [0.15, 0.2) is 40.2 Å². The molecule has 0 saturated carbocycles. The molecular weight excluding hydrogens is 435 g/mol. The lowest BCUT2D eigenvalue weighted by Gasteiger charge is -2.18. The minimum absolute atomic E-state index is 0. The number of hydrogen-bond donors (Lipinski definition) is 2. The lowest BCUT2D eigenvalue weighted by atomic mass is 10.3. The fourth-order valence-corrected chi connectivity index (χ4v) is 3.36. The third-order valence-corrected chi connectivity index (χ3v) is 4.83. The van der Waals surface area contributed by atoms with E-state index in [0.717, 1.165) is 37.8 Å². The van der Waals surface area contributed by atoms with Crippen LogP contribution in [0.1, 0.15) is 19.8 Å². The summed E-state index contributed by atoms with van der Waals surface area (Å²) in [5.74, 6) is 2.03. The average Bonchev–Trinajstić information content (AvgIpc) is 3.06. The Bertz CT molecular complexity index is 527. The third kappa shape index (κ3) is 6.88. The van der Waals surface area contributed by atoms with Crippen LogP contribution in [0.25, 0.3) is 0 Å². The van der Waals surface area contributed by atoms with Gasteiger partial charge in [-0.1, -0.05) is 25.1 Å². The van der Waals surface area contributed by atoms with Crippen LogP contribution < -0.4 is 10.6 Å². The van der Waals surface area contributed by atoms with Gasteiger partial charge in [0.1, 0.15) is 0 Å². The second-order valence-corrected chi connectivity index (χ2v) is 6.65. The van der Waals surface area contributed by atoms with Crippen LogP contribution in [-0.2, 0) is 4.79 Å². The Hall–Kier alpha value is -0.960. The number of carbonyl (C=O) groups excluding carboxylic acids is 1. The molecule has 1 saturated heterocycles. The number of nitrogens with one attached hydrogen (secondary N) is 2. The highest BCUT2D eigenvalue weighted by Gasteiger charge is 2.25. The monoisotopic (exact) mass is 462 g/mol. The molecule has 1 aliphatic heterocycles. The van der Waals surface area contributed by atoms with Gasteiger partial charge in [-0.15, -0.1) is 35.7 Å². The number of guanidine groups is 1. The number of amides is 1.